The molecule has 0 unspecified atom stereocenters. The van der Waals surface area contributed by atoms with E-state index in [-0.39, 0.29) is 58.4 Å². The quantitative estimate of drug-likeness (QED) is 0.0793. The van der Waals surface area contributed by atoms with Crippen molar-refractivity contribution in [3.05, 3.63) is 99.7 Å². The summed E-state index contributed by atoms with van der Waals surface area (Å²) in [5, 5.41) is 23.6. The molecule has 5 heterocycles. The second-order valence-electron chi connectivity index (χ2n) is 20.1. The number of sulfonamides is 1. The number of piperidine rings is 1. The second kappa shape index (κ2) is 18.4. The van der Waals surface area contributed by atoms with Gasteiger partial charge in [0.1, 0.15) is 24.1 Å². The summed E-state index contributed by atoms with van der Waals surface area (Å²) >= 11 is 0. The fraction of sp³-hybridized carbons (Fsp3) is 0.490. The molecule has 69 heavy (non-hydrogen) atoms. The third kappa shape index (κ3) is 9.31. The van der Waals surface area contributed by atoms with E-state index in [1.807, 2.05) is 6.07 Å². The van der Waals surface area contributed by atoms with Crippen LogP contribution in [-0.4, -0.2) is 104 Å². The molecule has 3 aromatic carbocycles. The van der Waals surface area contributed by atoms with Crippen LogP contribution in [0.2, 0.25) is 0 Å². The van der Waals surface area contributed by atoms with Crippen LogP contribution in [0.3, 0.4) is 0 Å². The zero-order valence-corrected chi connectivity index (χ0v) is 40.3. The molecule has 366 valence electrons. The predicted molar refractivity (Wildman–Crippen MR) is 257 cm³/mol. The van der Waals surface area contributed by atoms with E-state index >= 15 is 0 Å². The van der Waals surface area contributed by atoms with Crippen molar-refractivity contribution < 1.29 is 46.9 Å². The summed E-state index contributed by atoms with van der Waals surface area (Å²) in [6.07, 6.45) is 7.82. The number of aliphatic hydroxyl groups is 1. The van der Waals surface area contributed by atoms with Crippen LogP contribution in [0, 0.1) is 21.4 Å². The first-order valence-corrected chi connectivity index (χ1v) is 25.5. The van der Waals surface area contributed by atoms with Crippen LogP contribution >= 0.6 is 0 Å². The summed E-state index contributed by atoms with van der Waals surface area (Å²) in [7, 11) is -3.28. The maximum absolute atomic E-state index is 14.2. The predicted octanol–water partition coefficient (Wildman–Crippen LogP) is 8.42. The highest BCUT2D eigenvalue weighted by Gasteiger charge is 2.50. The number of fused-ring (bicyclic) bond motifs is 2. The number of nitrogens with zero attached hydrogens (tertiary/aromatic N) is 4. The number of nitro groups is 1. The number of ether oxygens (including phenoxy) is 5. The second-order valence-corrected chi connectivity index (χ2v) is 21.8. The highest BCUT2D eigenvalue weighted by molar-refractivity contribution is 7.90. The number of carbonyl (C=O) groups excluding carboxylic acids is 1. The minimum atomic E-state index is -4.73. The van der Waals surface area contributed by atoms with E-state index < -0.39 is 43.1 Å². The highest BCUT2D eigenvalue weighted by Crippen LogP contribution is 2.54. The molecule has 0 bridgehead atoms. The average Bonchev–Trinajstić information content (AvgIpc) is 3.79. The first-order valence-electron chi connectivity index (χ1n) is 24.0. The number of H-pyrrole nitrogens is 1. The number of benzene rings is 3. The van der Waals surface area contributed by atoms with Gasteiger partial charge in [-0.1, -0.05) is 38.1 Å². The number of hydrogen-bond acceptors (Lipinski definition) is 14. The van der Waals surface area contributed by atoms with Crippen molar-refractivity contribution in [1.82, 2.24) is 19.6 Å². The number of aromatic amines is 1. The summed E-state index contributed by atoms with van der Waals surface area (Å²) < 4.78 is 60.4. The number of morpholine rings is 1. The Morgan fingerprint density at radius 2 is 1.77 bits per heavy atom. The van der Waals surface area contributed by atoms with Gasteiger partial charge in [-0.05, 0) is 111 Å². The maximum atomic E-state index is 14.2. The van der Waals surface area contributed by atoms with Crippen LogP contribution in [0.25, 0.3) is 11.0 Å². The van der Waals surface area contributed by atoms with Crippen LogP contribution < -0.4 is 28.6 Å². The zero-order chi connectivity index (χ0) is 48.2. The molecule has 2 saturated carbocycles. The number of aromatic nitrogens is 2. The highest BCUT2D eigenvalue weighted by atomic mass is 32.2. The van der Waals surface area contributed by atoms with Crippen molar-refractivity contribution in [1.29, 1.82) is 0 Å². The van der Waals surface area contributed by atoms with Gasteiger partial charge in [0.25, 0.3) is 21.8 Å². The number of methoxy groups -OCH3 is 1. The average molecular weight is 965 g/mol. The molecular formula is C51H60N6O11S. The smallest absolute Gasteiger partial charge is 0.316 e. The van der Waals surface area contributed by atoms with Crippen LogP contribution in [0.15, 0.2) is 77.8 Å². The lowest BCUT2D eigenvalue weighted by molar-refractivity contribution is -0.386. The third-order valence-corrected chi connectivity index (χ3v) is 16.6. The van der Waals surface area contributed by atoms with Crippen molar-refractivity contribution in [3.63, 3.8) is 0 Å². The Bertz CT molecular complexity index is 2860. The van der Waals surface area contributed by atoms with E-state index in [1.54, 1.807) is 31.3 Å². The molecule has 3 aliphatic heterocycles. The number of rotatable bonds is 12. The summed E-state index contributed by atoms with van der Waals surface area (Å²) in [6, 6.07) is 20.0. The van der Waals surface area contributed by atoms with Gasteiger partial charge in [-0.2, -0.15) is 4.98 Å². The molecule has 1 amide bonds. The normalized spacial score (nSPS) is 24.0. The molecule has 4 fully saturated rings. The summed E-state index contributed by atoms with van der Waals surface area (Å²) in [6.45, 7) is 10.2. The third-order valence-electron chi connectivity index (χ3n) is 15.3. The Hall–Kier alpha value is -5.95. The molecule has 1 spiro atoms. The Morgan fingerprint density at radius 3 is 2.51 bits per heavy atom. The molecule has 2 atom stereocenters. The van der Waals surface area contributed by atoms with Crippen molar-refractivity contribution in [3.8, 4) is 28.9 Å². The molecule has 18 heteroatoms. The topological polar surface area (TPSA) is 208 Å². The first kappa shape index (κ1) is 46.8. The molecule has 2 saturated heterocycles. The van der Waals surface area contributed by atoms with Gasteiger partial charge in [-0.15, -0.1) is 0 Å². The van der Waals surface area contributed by atoms with Gasteiger partial charge in [-0.3, -0.25) is 19.8 Å². The molecule has 0 radical (unpaired) electrons. The number of nitro benzene ring substituents is 1. The largest absolute Gasteiger partial charge is 0.485 e. The van der Waals surface area contributed by atoms with E-state index in [2.05, 4.69) is 62.6 Å². The summed E-state index contributed by atoms with van der Waals surface area (Å²) in [4.78, 5) is 37.9. The monoisotopic (exact) mass is 964 g/mol. The van der Waals surface area contributed by atoms with Gasteiger partial charge in [-0.25, -0.2) is 13.1 Å². The van der Waals surface area contributed by atoms with Crippen LogP contribution in [0.4, 0.5) is 11.4 Å². The lowest BCUT2D eigenvalue weighted by Gasteiger charge is -2.57. The Morgan fingerprint density at radius 1 is 1.00 bits per heavy atom. The van der Waals surface area contributed by atoms with E-state index in [0.29, 0.717) is 49.9 Å². The number of amides is 1. The van der Waals surface area contributed by atoms with Crippen molar-refractivity contribution in [2.75, 3.05) is 51.5 Å². The number of pyridine rings is 1. The number of carbonyl (C=O) groups is 1. The standard InChI is InChI=1S/C51H60N6O11S/c1-31(2)37-7-5-6-8-38(37)41-29-65-22-21-56(41)35-27-51(28-35)16-19-55(20-17-51)34-9-10-39(42(24-34)67-44-23-33-13-18-52-47(33)53-49(44)64-4)48(58)54-69(62,63)36-25-40(57(60)61)46-43(26-36)66-30-45(68-46)32-11-14-50(3,59)15-12-32/h5-10,13,18,23-26,31-32,35,41,45,59H,11-12,14-17,19-22,27-30H2,1-4H3,(H,52,53)(H,54,58)/t32?,41-,45+,50?/m1/s1. The molecule has 3 N–H and O–H groups in total. The maximum Gasteiger partial charge on any atom is 0.316 e. The molecule has 5 aliphatic rings. The van der Waals surface area contributed by atoms with Gasteiger partial charge < -0.3 is 38.7 Å². The number of nitrogens with one attached hydrogen (secondary N) is 2. The lowest BCUT2D eigenvalue weighted by Crippen LogP contribution is -2.58. The van der Waals surface area contributed by atoms with Gasteiger partial charge in [0.2, 0.25) is 5.75 Å². The lowest BCUT2D eigenvalue weighted by atomic mass is 9.59. The molecular weight excluding hydrogens is 905 g/mol. The van der Waals surface area contributed by atoms with Crippen LogP contribution in [0.5, 0.6) is 28.9 Å². The molecule has 2 aromatic heterocycles. The zero-order valence-electron chi connectivity index (χ0n) is 39.4. The molecule has 5 aromatic rings. The summed E-state index contributed by atoms with van der Waals surface area (Å²) in [5.74, 6) is -0.511. The van der Waals surface area contributed by atoms with Gasteiger partial charge in [0.05, 0.1) is 47.3 Å². The summed E-state index contributed by atoms with van der Waals surface area (Å²) in [5.41, 5.74) is 2.83. The van der Waals surface area contributed by atoms with Gasteiger partial charge in [0.15, 0.2) is 11.5 Å². The fourth-order valence-corrected chi connectivity index (χ4v) is 12.3. The van der Waals surface area contributed by atoms with E-state index in [9.17, 15) is 28.4 Å². The minimum absolute atomic E-state index is 0.0147. The van der Waals surface area contributed by atoms with Gasteiger partial charge >= 0.3 is 5.69 Å². The van der Waals surface area contributed by atoms with Crippen LogP contribution in [-0.2, 0) is 14.8 Å². The molecule has 10 rings (SSSR count). The van der Waals surface area contributed by atoms with Gasteiger partial charge in [0, 0.05) is 61.1 Å². The van der Waals surface area contributed by atoms with E-state index in [1.165, 1.54) is 24.3 Å². The SMILES string of the molecule is COc1nc2[nH]ccc2cc1Oc1cc(N2CCC3(CC2)CC(N2CCOC[C@@H]2c2ccccc2C(C)C)C3)ccc1C(=O)NS(=O)(=O)c1cc2c(c([N+](=O)[O-])c1)O[C@H](C1CCC(C)(O)CC1)CO2. The number of anilines is 1. The Kier molecular flexibility index (Phi) is 12.5. The van der Waals surface area contributed by atoms with Crippen molar-refractivity contribution >= 4 is 38.3 Å². The van der Waals surface area contributed by atoms with Crippen molar-refractivity contribution in [2.45, 2.75) is 107 Å². The minimum Gasteiger partial charge on any atom is -0.485 e. The van der Waals surface area contributed by atoms with E-state index in [0.717, 1.165) is 75.1 Å². The first-order chi connectivity index (χ1) is 33.1. The van der Waals surface area contributed by atoms with Crippen molar-refractivity contribution in [2.24, 2.45) is 11.3 Å². The number of hydrogen-bond donors (Lipinski definition) is 3. The Balaban J connectivity index is 0.876. The molecule has 2 aliphatic carbocycles. The van der Waals surface area contributed by atoms with E-state index in [4.69, 9.17) is 23.7 Å². The fourth-order valence-electron chi connectivity index (χ4n) is 11.3. The Labute approximate surface area is 401 Å². The molecule has 17 nitrogen and oxygen atoms in total. The van der Waals surface area contributed by atoms with Crippen LogP contribution in [0.1, 0.15) is 106 Å².